The molecule has 1 aromatic rings. The third kappa shape index (κ3) is 4.74. The van der Waals surface area contributed by atoms with Gasteiger partial charge in [0, 0.05) is 12.1 Å². The summed E-state index contributed by atoms with van der Waals surface area (Å²) >= 11 is 0. The van der Waals surface area contributed by atoms with Gasteiger partial charge in [0.25, 0.3) is 0 Å². The molecule has 0 aliphatic carbocycles. The summed E-state index contributed by atoms with van der Waals surface area (Å²) in [6.07, 6.45) is -3.60. The van der Waals surface area contributed by atoms with Gasteiger partial charge < -0.3 is 5.11 Å². The second-order valence-corrected chi connectivity index (χ2v) is 5.12. The lowest BCUT2D eigenvalue weighted by Gasteiger charge is -2.33. The van der Waals surface area contributed by atoms with Crippen molar-refractivity contribution in [2.24, 2.45) is 0 Å². The molecule has 0 saturated heterocycles. The second-order valence-electron chi connectivity index (χ2n) is 5.12. The maximum atomic E-state index is 12.5. The predicted octanol–water partition coefficient (Wildman–Crippen LogP) is 3.95. The van der Waals surface area contributed by atoms with Crippen LogP contribution in [0.5, 0.6) is 0 Å². The molecule has 0 fully saturated rings. The standard InChI is InChI=1S/C15H20F3NO2/c1-4-10(2)19(9-14(20)21)11(3)12-5-7-13(8-6-12)15(16,17)18/h5-8,10-11H,4,9H2,1-3H3,(H,20,21). The molecule has 0 aliphatic rings. The molecular weight excluding hydrogens is 283 g/mol. The molecule has 0 amide bonds. The van der Waals surface area contributed by atoms with E-state index in [1.165, 1.54) is 12.1 Å². The Labute approximate surface area is 122 Å². The Morgan fingerprint density at radius 1 is 1.24 bits per heavy atom. The van der Waals surface area contributed by atoms with Crippen LogP contribution in [0.2, 0.25) is 0 Å². The molecule has 21 heavy (non-hydrogen) atoms. The van der Waals surface area contributed by atoms with Gasteiger partial charge in [-0.05, 0) is 38.0 Å². The average Bonchev–Trinajstić information content (AvgIpc) is 2.42. The molecule has 2 unspecified atom stereocenters. The van der Waals surface area contributed by atoms with E-state index in [9.17, 15) is 18.0 Å². The van der Waals surface area contributed by atoms with Gasteiger partial charge in [-0.2, -0.15) is 13.2 Å². The van der Waals surface area contributed by atoms with Gasteiger partial charge in [-0.3, -0.25) is 9.69 Å². The summed E-state index contributed by atoms with van der Waals surface area (Å²) in [6.45, 7) is 5.51. The molecule has 0 radical (unpaired) electrons. The maximum absolute atomic E-state index is 12.5. The van der Waals surface area contributed by atoms with Gasteiger partial charge >= 0.3 is 12.1 Å². The first-order valence-corrected chi connectivity index (χ1v) is 6.81. The number of halogens is 3. The Kier molecular flexibility index (Phi) is 5.78. The summed E-state index contributed by atoms with van der Waals surface area (Å²) in [5.74, 6) is -0.950. The van der Waals surface area contributed by atoms with E-state index in [1.54, 1.807) is 11.8 Å². The minimum Gasteiger partial charge on any atom is -0.480 e. The van der Waals surface area contributed by atoms with Crippen molar-refractivity contribution in [1.82, 2.24) is 4.90 Å². The summed E-state index contributed by atoms with van der Waals surface area (Å²) in [4.78, 5) is 12.7. The number of benzene rings is 1. The maximum Gasteiger partial charge on any atom is 0.416 e. The van der Waals surface area contributed by atoms with Crippen LogP contribution in [0.3, 0.4) is 0 Å². The zero-order valence-corrected chi connectivity index (χ0v) is 12.3. The Balaban J connectivity index is 2.98. The Bertz CT molecular complexity index is 471. The summed E-state index contributed by atoms with van der Waals surface area (Å²) in [6, 6.07) is 4.63. The quantitative estimate of drug-likeness (QED) is 0.865. The lowest BCUT2D eigenvalue weighted by atomic mass is 10.0. The third-order valence-corrected chi connectivity index (χ3v) is 3.69. The number of rotatable bonds is 6. The second kappa shape index (κ2) is 6.93. The molecule has 1 aromatic carbocycles. The molecule has 0 saturated carbocycles. The molecule has 0 spiro atoms. The van der Waals surface area contributed by atoms with Gasteiger partial charge in [-0.1, -0.05) is 19.1 Å². The predicted molar refractivity (Wildman–Crippen MR) is 74.0 cm³/mol. The normalized spacial score (nSPS) is 15.0. The Hall–Kier alpha value is -1.56. The van der Waals surface area contributed by atoms with Crippen molar-refractivity contribution in [3.05, 3.63) is 35.4 Å². The van der Waals surface area contributed by atoms with E-state index in [1.807, 2.05) is 13.8 Å². The van der Waals surface area contributed by atoms with Crippen LogP contribution in [-0.4, -0.2) is 28.6 Å². The first kappa shape index (κ1) is 17.5. The van der Waals surface area contributed by atoms with Crippen LogP contribution < -0.4 is 0 Å². The number of hydrogen-bond donors (Lipinski definition) is 1. The smallest absolute Gasteiger partial charge is 0.416 e. The zero-order chi connectivity index (χ0) is 16.2. The topological polar surface area (TPSA) is 40.5 Å². The van der Waals surface area contributed by atoms with Crippen molar-refractivity contribution in [1.29, 1.82) is 0 Å². The molecule has 6 heteroatoms. The van der Waals surface area contributed by atoms with Crippen molar-refractivity contribution in [2.75, 3.05) is 6.54 Å². The van der Waals surface area contributed by atoms with Gasteiger partial charge in [-0.15, -0.1) is 0 Å². The van der Waals surface area contributed by atoms with Crippen LogP contribution in [0.1, 0.15) is 44.4 Å². The first-order chi connectivity index (χ1) is 9.66. The van der Waals surface area contributed by atoms with Crippen molar-refractivity contribution in [2.45, 2.75) is 45.5 Å². The number of carbonyl (C=O) groups is 1. The van der Waals surface area contributed by atoms with E-state index < -0.39 is 17.7 Å². The molecule has 1 N–H and O–H groups in total. The van der Waals surface area contributed by atoms with E-state index in [4.69, 9.17) is 5.11 Å². The van der Waals surface area contributed by atoms with Crippen LogP contribution in [0.4, 0.5) is 13.2 Å². The third-order valence-electron chi connectivity index (χ3n) is 3.69. The Morgan fingerprint density at radius 3 is 2.14 bits per heavy atom. The number of nitrogens with zero attached hydrogens (tertiary/aromatic N) is 1. The van der Waals surface area contributed by atoms with Crippen molar-refractivity contribution < 1.29 is 23.1 Å². The highest BCUT2D eigenvalue weighted by molar-refractivity contribution is 5.69. The molecule has 1 rings (SSSR count). The van der Waals surface area contributed by atoms with Gasteiger partial charge in [0.1, 0.15) is 0 Å². The highest BCUT2D eigenvalue weighted by Gasteiger charge is 2.30. The number of aliphatic carboxylic acids is 1. The fraction of sp³-hybridized carbons (Fsp3) is 0.533. The number of carboxylic acid groups (broad SMARTS) is 1. The highest BCUT2D eigenvalue weighted by Crippen LogP contribution is 2.31. The zero-order valence-electron chi connectivity index (χ0n) is 12.3. The molecule has 2 atom stereocenters. The van der Waals surface area contributed by atoms with Crippen molar-refractivity contribution in [3.63, 3.8) is 0 Å². The van der Waals surface area contributed by atoms with Gasteiger partial charge in [0.05, 0.1) is 12.1 Å². The van der Waals surface area contributed by atoms with Gasteiger partial charge in [0.15, 0.2) is 0 Å². The molecular formula is C15H20F3NO2. The minimum atomic E-state index is -4.36. The largest absolute Gasteiger partial charge is 0.480 e. The molecule has 0 aliphatic heterocycles. The summed E-state index contributed by atoms with van der Waals surface area (Å²) in [7, 11) is 0. The van der Waals surface area contributed by atoms with Crippen LogP contribution in [-0.2, 0) is 11.0 Å². The summed E-state index contributed by atoms with van der Waals surface area (Å²) < 4.78 is 37.6. The van der Waals surface area contributed by atoms with Crippen LogP contribution in [0.25, 0.3) is 0 Å². The molecule has 0 heterocycles. The highest BCUT2D eigenvalue weighted by atomic mass is 19.4. The molecule has 118 valence electrons. The molecule has 3 nitrogen and oxygen atoms in total. The van der Waals surface area contributed by atoms with Gasteiger partial charge in [-0.25, -0.2) is 0 Å². The summed E-state index contributed by atoms with van der Waals surface area (Å²) in [5, 5.41) is 8.98. The minimum absolute atomic E-state index is 0.0263. The van der Waals surface area contributed by atoms with Crippen molar-refractivity contribution >= 4 is 5.97 Å². The van der Waals surface area contributed by atoms with Crippen molar-refractivity contribution in [3.8, 4) is 0 Å². The fourth-order valence-electron chi connectivity index (χ4n) is 2.21. The first-order valence-electron chi connectivity index (χ1n) is 6.81. The van der Waals surface area contributed by atoms with E-state index in [2.05, 4.69) is 0 Å². The van der Waals surface area contributed by atoms with Crippen LogP contribution in [0, 0.1) is 0 Å². The molecule has 0 aromatic heterocycles. The van der Waals surface area contributed by atoms with Crippen LogP contribution >= 0.6 is 0 Å². The van der Waals surface area contributed by atoms with Gasteiger partial charge in [0.2, 0.25) is 0 Å². The summed E-state index contributed by atoms with van der Waals surface area (Å²) in [5.41, 5.74) is -0.0312. The SMILES string of the molecule is CCC(C)N(CC(=O)O)C(C)c1ccc(C(F)(F)F)cc1. The number of alkyl halides is 3. The van der Waals surface area contributed by atoms with E-state index in [0.717, 1.165) is 18.6 Å². The Morgan fingerprint density at radius 2 is 1.76 bits per heavy atom. The number of carboxylic acids is 1. The number of hydrogen-bond acceptors (Lipinski definition) is 2. The fourth-order valence-corrected chi connectivity index (χ4v) is 2.21. The van der Waals surface area contributed by atoms with Crippen LogP contribution in [0.15, 0.2) is 24.3 Å². The van der Waals surface area contributed by atoms with E-state index in [0.29, 0.717) is 5.56 Å². The average molecular weight is 303 g/mol. The lowest BCUT2D eigenvalue weighted by molar-refractivity contribution is -0.139. The lowest BCUT2D eigenvalue weighted by Crippen LogP contribution is -2.39. The molecule has 0 bridgehead atoms. The van der Waals surface area contributed by atoms with E-state index >= 15 is 0 Å². The monoisotopic (exact) mass is 303 g/mol. The van der Waals surface area contributed by atoms with E-state index in [-0.39, 0.29) is 18.6 Å².